The van der Waals surface area contributed by atoms with E-state index in [1.165, 1.54) is 5.56 Å². The number of aryl methyl sites for hydroxylation is 1. The number of hydrogen-bond acceptors (Lipinski definition) is 2. The van der Waals surface area contributed by atoms with Crippen LogP contribution in [0.15, 0.2) is 54.6 Å². The Balaban J connectivity index is 1.42. The minimum absolute atomic E-state index is 0.0654. The lowest BCUT2D eigenvalue weighted by Gasteiger charge is -2.20. The van der Waals surface area contributed by atoms with Crippen molar-refractivity contribution in [3.63, 3.8) is 0 Å². The fourth-order valence-electron chi connectivity index (χ4n) is 3.33. The second kappa shape index (κ2) is 9.60. The molecule has 1 fully saturated rings. The first-order chi connectivity index (χ1) is 13.5. The quantitative estimate of drug-likeness (QED) is 0.735. The molecule has 5 nitrogen and oxygen atoms in total. The van der Waals surface area contributed by atoms with Gasteiger partial charge in [-0.3, -0.25) is 4.79 Å². The summed E-state index contributed by atoms with van der Waals surface area (Å²) in [5.41, 5.74) is 2.29. The average Bonchev–Trinajstić information content (AvgIpc) is 3.02. The third kappa shape index (κ3) is 5.73. The average molecular weight is 400 g/mol. The monoisotopic (exact) mass is 399 g/mol. The van der Waals surface area contributed by atoms with E-state index in [1.807, 2.05) is 49.4 Å². The second-order valence-corrected chi connectivity index (χ2v) is 7.68. The van der Waals surface area contributed by atoms with Crippen molar-refractivity contribution in [2.75, 3.05) is 19.6 Å². The summed E-state index contributed by atoms with van der Waals surface area (Å²) in [5, 5.41) is 3.68. The van der Waals surface area contributed by atoms with Gasteiger partial charge < -0.3 is 15.1 Å². The number of carbonyl (C=O) groups excluding carboxylic acids is 2. The molecule has 3 rings (SSSR count). The van der Waals surface area contributed by atoms with E-state index in [-0.39, 0.29) is 24.5 Å². The van der Waals surface area contributed by atoms with Gasteiger partial charge in [-0.05, 0) is 43.0 Å². The summed E-state index contributed by atoms with van der Waals surface area (Å²) in [7, 11) is 0. The van der Waals surface area contributed by atoms with Gasteiger partial charge in [-0.15, -0.1) is 0 Å². The van der Waals surface area contributed by atoms with Crippen LogP contribution in [0, 0.1) is 0 Å². The Bertz CT molecular complexity index is 795. The molecule has 28 heavy (non-hydrogen) atoms. The summed E-state index contributed by atoms with van der Waals surface area (Å²) in [4.78, 5) is 28.3. The first-order valence-corrected chi connectivity index (χ1v) is 10.0. The molecule has 2 aromatic rings. The smallest absolute Gasteiger partial charge is 0.320 e. The van der Waals surface area contributed by atoms with E-state index in [2.05, 4.69) is 17.4 Å². The van der Waals surface area contributed by atoms with Gasteiger partial charge in [0.25, 0.3) is 0 Å². The van der Waals surface area contributed by atoms with Crippen molar-refractivity contribution in [1.29, 1.82) is 0 Å². The summed E-state index contributed by atoms with van der Waals surface area (Å²) < 4.78 is 0. The minimum atomic E-state index is -0.109. The first-order valence-electron chi connectivity index (χ1n) is 9.63. The van der Waals surface area contributed by atoms with E-state index in [0.29, 0.717) is 24.7 Å². The number of nitrogens with one attached hydrogen (secondary N) is 1. The molecule has 0 unspecified atom stereocenters. The molecule has 2 aromatic carbocycles. The maximum absolute atomic E-state index is 12.6. The first kappa shape index (κ1) is 20.2. The van der Waals surface area contributed by atoms with Gasteiger partial charge in [-0.25, -0.2) is 4.79 Å². The summed E-state index contributed by atoms with van der Waals surface area (Å²) in [6, 6.07) is 17.7. The van der Waals surface area contributed by atoms with Gasteiger partial charge in [0.05, 0.1) is 0 Å². The molecular formula is C22H26ClN3O2. The Morgan fingerprint density at radius 2 is 1.71 bits per heavy atom. The van der Waals surface area contributed by atoms with Crippen molar-refractivity contribution in [3.8, 4) is 0 Å². The Morgan fingerprint density at radius 1 is 1.04 bits per heavy atom. The summed E-state index contributed by atoms with van der Waals surface area (Å²) in [5.74, 6) is -0.109. The molecule has 0 aromatic heterocycles. The number of carbonyl (C=O) groups is 2. The molecule has 0 radical (unpaired) electrons. The lowest BCUT2D eigenvalue weighted by atomic mass is 10.1. The van der Waals surface area contributed by atoms with Crippen molar-refractivity contribution in [2.45, 2.75) is 32.4 Å². The predicted octanol–water partition coefficient (Wildman–Crippen LogP) is 3.72. The normalized spacial score (nSPS) is 15.0. The number of benzene rings is 2. The Morgan fingerprint density at radius 3 is 2.43 bits per heavy atom. The van der Waals surface area contributed by atoms with Crippen LogP contribution in [-0.2, 0) is 17.8 Å². The van der Waals surface area contributed by atoms with Crippen molar-refractivity contribution in [3.05, 3.63) is 70.7 Å². The van der Waals surface area contributed by atoms with Crippen LogP contribution >= 0.6 is 11.6 Å². The van der Waals surface area contributed by atoms with Crippen molar-refractivity contribution >= 4 is 23.5 Å². The highest BCUT2D eigenvalue weighted by Crippen LogP contribution is 2.15. The zero-order valence-corrected chi connectivity index (χ0v) is 16.9. The summed E-state index contributed by atoms with van der Waals surface area (Å²) in [6.07, 6.45) is 1.78. The highest BCUT2D eigenvalue weighted by atomic mass is 35.5. The maximum atomic E-state index is 12.6. The molecule has 6 heteroatoms. The largest absolute Gasteiger partial charge is 0.352 e. The van der Waals surface area contributed by atoms with E-state index in [4.69, 9.17) is 11.6 Å². The third-order valence-electron chi connectivity index (χ3n) is 4.92. The molecule has 1 N–H and O–H groups in total. The zero-order valence-electron chi connectivity index (χ0n) is 16.1. The standard InChI is InChI=1S/C22H26ClN3O2/c1-17(7-8-18-5-3-2-4-6-18)24-21(27)16-26-14-13-25(22(26)28)15-19-9-11-20(23)12-10-19/h2-6,9-12,17H,7-8,13-16H2,1H3,(H,24,27)/t17-/m0/s1. The van der Waals surface area contributed by atoms with Crippen molar-refractivity contribution in [1.82, 2.24) is 15.1 Å². The minimum Gasteiger partial charge on any atom is -0.352 e. The van der Waals surface area contributed by atoms with Crippen LogP contribution in [-0.4, -0.2) is 47.4 Å². The predicted molar refractivity (Wildman–Crippen MR) is 111 cm³/mol. The van der Waals surface area contributed by atoms with E-state index >= 15 is 0 Å². The fourth-order valence-corrected chi connectivity index (χ4v) is 3.46. The molecule has 148 valence electrons. The van der Waals surface area contributed by atoms with Gasteiger partial charge in [-0.2, -0.15) is 0 Å². The molecular weight excluding hydrogens is 374 g/mol. The lowest BCUT2D eigenvalue weighted by Crippen LogP contribution is -2.42. The molecule has 1 aliphatic heterocycles. The molecule has 1 heterocycles. The number of hydrogen-bond donors (Lipinski definition) is 1. The van der Waals surface area contributed by atoms with Gasteiger partial charge >= 0.3 is 6.03 Å². The molecule has 1 aliphatic rings. The summed E-state index contributed by atoms with van der Waals surface area (Å²) >= 11 is 5.90. The maximum Gasteiger partial charge on any atom is 0.320 e. The van der Waals surface area contributed by atoms with Crippen LogP contribution in [0.25, 0.3) is 0 Å². The number of amides is 3. The van der Waals surface area contributed by atoms with Crippen LogP contribution in [0.4, 0.5) is 4.79 Å². The Labute approximate surface area is 171 Å². The highest BCUT2D eigenvalue weighted by Gasteiger charge is 2.29. The number of rotatable bonds is 8. The Hall–Kier alpha value is -2.53. The van der Waals surface area contributed by atoms with E-state index < -0.39 is 0 Å². The van der Waals surface area contributed by atoms with E-state index in [1.54, 1.807) is 9.80 Å². The number of halogens is 1. The lowest BCUT2D eigenvalue weighted by molar-refractivity contribution is -0.122. The second-order valence-electron chi connectivity index (χ2n) is 7.24. The molecule has 0 bridgehead atoms. The van der Waals surface area contributed by atoms with Gasteiger partial charge in [0.1, 0.15) is 6.54 Å². The van der Waals surface area contributed by atoms with E-state index in [9.17, 15) is 9.59 Å². The third-order valence-corrected chi connectivity index (χ3v) is 5.17. The van der Waals surface area contributed by atoms with Crippen LogP contribution in [0.1, 0.15) is 24.5 Å². The van der Waals surface area contributed by atoms with Crippen molar-refractivity contribution < 1.29 is 9.59 Å². The fraction of sp³-hybridized carbons (Fsp3) is 0.364. The zero-order chi connectivity index (χ0) is 19.9. The molecule has 0 saturated carbocycles. The van der Waals surface area contributed by atoms with Crippen LogP contribution in [0.5, 0.6) is 0 Å². The molecule has 0 aliphatic carbocycles. The van der Waals surface area contributed by atoms with Crippen LogP contribution in [0.3, 0.4) is 0 Å². The van der Waals surface area contributed by atoms with Gasteiger partial charge in [0.15, 0.2) is 0 Å². The summed E-state index contributed by atoms with van der Waals surface area (Å²) in [6.45, 7) is 3.82. The molecule has 1 saturated heterocycles. The van der Waals surface area contributed by atoms with Gasteiger partial charge in [0.2, 0.25) is 5.91 Å². The topological polar surface area (TPSA) is 52.7 Å². The van der Waals surface area contributed by atoms with Crippen LogP contribution < -0.4 is 5.32 Å². The SMILES string of the molecule is C[C@@H](CCc1ccccc1)NC(=O)CN1CCN(Cc2ccc(Cl)cc2)C1=O. The number of nitrogens with zero attached hydrogens (tertiary/aromatic N) is 2. The van der Waals surface area contributed by atoms with E-state index in [0.717, 1.165) is 18.4 Å². The molecule has 0 spiro atoms. The molecule has 1 atom stereocenters. The van der Waals surface area contributed by atoms with Gasteiger partial charge in [-0.1, -0.05) is 54.1 Å². The van der Waals surface area contributed by atoms with Crippen molar-refractivity contribution in [2.24, 2.45) is 0 Å². The molecule has 3 amide bonds. The Kier molecular flexibility index (Phi) is 6.93. The number of urea groups is 1. The van der Waals surface area contributed by atoms with Crippen LogP contribution in [0.2, 0.25) is 5.02 Å². The van der Waals surface area contributed by atoms with Gasteiger partial charge in [0, 0.05) is 30.7 Å². The highest BCUT2D eigenvalue weighted by molar-refractivity contribution is 6.30.